The van der Waals surface area contributed by atoms with Crippen LogP contribution in [-0.2, 0) is 6.54 Å². The van der Waals surface area contributed by atoms with Crippen molar-refractivity contribution in [1.82, 2.24) is 10.3 Å². The Morgan fingerprint density at radius 1 is 1.60 bits per heavy atom. The number of nitrogens with zero attached hydrogens (tertiary/aromatic N) is 1. The summed E-state index contributed by atoms with van der Waals surface area (Å²) in [4.78, 5) is 3.78. The van der Waals surface area contributed by atoms with Gasteiger partial charge in [0.1, 0.15) is 5.82 Å². The van der Waals surface area contributed by atoms with Gasteiger partial charge in [-0.2, -0.15) is 0 Å². The van der Waals surface area contributed by atoms with Crippen LogP contribution in [0.3, 0.4) is 0 Å². The predicted octanol–water partition coefficient (Wildman–Crippen LogP) is 2.11. The first kappa shape index (κ1) is 11.7. The zero-order valence-electron chi connectivity index (χ0n) is 8.83. The zero-order valence-corrected chi connectivity index (χ0v) is 8.83. The Morgan fingerprint density at radius 2 is 2.40 bits per heavy atom. The third-order valence-corrected chi connectivity index (χ3v) is 2.21. The van der Waals surface area contributed by atoms with Crippen LogP contribution in [0.4, 0.5) is 4.39 Å². The molecule has 1 N–H and O–H groups in total. The average molecular weight is 206 g/mol. The fraction of sp³-hybridized carbons (Fsp3) is 0.417. The summed E-state index contributed by atoms with van der Waals surface area (Å²) in [5.74, 6) is 2.31. The van der Waals surface area contributed by atoms with Gasteiger partial charge in [0.25, 0.3) is 0 Å². The van der Waals surface area contributed by atoms with Crippen LogP contribution in [0.15, 0.2) is 18.5 Å². The number of nitrogens with one attached hydrogen (secondary N) is 1. The van der Waals surface area contributed by atoms with E-state index in [0.29, 0.717) is 19.0 Å². The molecule has 0 aliphatic heterocycles. The second-order valence-corrected chi connectivity index (χ2v) is 3.41. The quantitative estimate of drug-likeness (QED) is 0.746. The van der Waals surface area contributed by atoms with E-state index in [2.05, 4.69) is 23.1 Å². The van der Waals surface area contributed by atoms with Crippen LogP contribution >= 0.6 is 0 Å². The van der Waals surface area contributed by atoms with Crippen molar-refractivity contribution in [1.29, 1.82) is 0 Å². The van der Waals surface area contributed by atoms with Gasteiger partial charge in [0.2, 0.25) is 0 Å². The lowest BCUT2D eigenvalue weighted by molar-refractivity contribution is 0.504. The summed E-state index contributed by atoms with van der Waals surface area (Å²) in [7, 11) is 0. The second kappa shape index (κ2) is 6.15. The number of pyridine rings is 1. The summed E-state index contributed by atoms with van der Waals surface area (Å²) < 4.78 is 12.8. The highest BCUT2D eigenvalue weighted by Crippen LogP contribution is 2.03. The van der Waals surface area contributed by atoms with Gasteiger partial charge >= 0.3 is 0 Å². The first-order chi connectivity index (χ1) is 7.26. The first-order valence-corrected chi connectivity index (χ1v) is 5.02. The molecule has 1 unspecified atom stereocenters. The summed E-state index contributed by atoms with van der Waals surface area (Å²) in [5.41, 5.74) is 0.838. The van der Waals surface area contributed by atoms with Crippen LogP contribution in [-0.4, -0.2) is 11.0 Å². The van der Waals surface area contributed by atoms with Crippen molar-refractivity contribution in [3.63, 3.8) is 0 Å². The van der Waals surface area contributed by atoms with E-state index in [4.69, 9.17) is 6.42 Å². The van der Waals surface area contributed by atoms with Gasteiger partial charge in [-0.15, -0.1) is 12.3 Å². The van der Waals surface area contributed by atoms with Gasteiger partial charge in [-0.05, 0) is 18.1 Å². The van der Waals surface area contributed by atoms with Crippen LogP contribution in [0.25, 0.3) is 0 Å². The second-order valence-electron chi connectivity index (χ2n) is 3.41. The highest BCUT2D eigenvalue weighted by molar-refractivity contribution is 5.10. The van der Waals surface area contributed by atoms with Gasteiger partial charge in [0, 0.05) is 25.2 Å². The van der Waals surface area contributed by atoms with Crippen molar-refractivity contribution in [3.8, 4) is 12.3 Å². The van der Waals surface area contributed by atoms with Gasteiger partial charge in [0.15, 0.2) is 0 Å². The Labute approximate surface area is 89.9 Å². The molecule has 0 aliphatic carbocycles. The minimum Gasteiger partial charge on any atom is -0.309 e. The van der Waals surface area contributed by atoms with E-state index in [-0.39, 0.29) is 5.82 Å². The SMILES string of the molecule is C#CCC(CC)NCc1cncc(F)c1. The minimum absolute atomic E-state index is 0.290. The lowest BCUT2D eigenvalue weighted by Crippen LogP contribution is -2.27. The molecule has 0 aromatic carbocycles. The number of aromatic nitrogens is 1. The molecular weight excluding hydrogens is 191 g/mol. The van der Waals surface area contributed by atoms with Crippen molar-refractivity contribution < 1.29 is 4.39 Å². The minimum atomic E-state index is -0.306. The molecule has 0 fully saturated rings. The number of terminal acetylenes is 1. The van der Waals surface area contributed by atoms with E-state index in [1.165, 1.54) is 12.3 Å². The molecule has 1 aromatic heterocycles. The average Bonchev–Trinajstić information content (AvgIpc) is 2.24. The summed E-state index contributed by atoms with van der Waals surface area (Å²) >= 11 is 0. The third-order valence-electron chi connectivity index (χ3n) is 2.21. The van der Waals surface area contributed by atoms with Crippen LogP contribution < -0.4 is 5.32 Å². The molecule has 3 heteroatoms. The van der Waals surface area contributed by atoms with E-state index >= 15 is 0 Å². The Morgan fingerprint density at radius 3 is 3.00 bits per heavy atom. The Bertz CT molecular complexity index is 344. The molecule has 0 spiro atoms. The van der Waals surface area contributed by atoms with Gasteiger partial charge in [-0.25, -0.2) is 4.39 Å². The van der Waals surface area contributed by atoms with Crippen molar-refractivity contribution in [2.45, 2.75) is 32.4 Å². The van der Waals surface area contributed by atoms with Crippen molar-refractivity contribution in [2.24, 2.45) is 0 Å². The molecule has 1 rings (SSSR count). The van der Waals surface area contributed by atoms with Crippen LogP contribution in [0.5, 0.6) is 0 Å². The fourth-order valence-electron chi connectivity index (χ4n) is 1.32. The molecule has 2 nitrogen and oxygen atoms in total. The summed E-state index contributed by atoms with van der Waals surface area (Å²) in [6.45, 7) is 2.67. The summed E-state index contributed by atoms with van der Waals surface area (Å²) in [6.07, 6.45) is 9.74. The first-order valence-electron chi connectivity index (χ1n) is 5.02. The molecule has 0 amide bonds. The molecule has 0 saturated carbocycles. The molecular formula is C12H15FN2. The molecule has 0 saturated heterocycles. The van der Waals surface area contributed by atoms with Gasteiger partial charge in [-0.3, -0.25) is 4.98 Å². The zero-order chi connectivity index (χ0) is 11.1. The summed E-state index contributed by atoms with van der Waals surface area (Å²) in [6, 6.07) is 1.76. The number of hydrogen-bond acceptors (Lipinski definition) is 2. The number of halogens is 1. The maximum atomic E-state index is 12.8. The molecule has 1 heterocycles. The van der Waals surface area contributed by atoms with Crippen molar-refractivity contribution in [3.05, 3.63) is 29.8 Å². The van der Waals surface area contributed by atoms with E-state index in [1.54, 1.807) is 6.20 Å². The molecule has 1 atom stereocenters. The van der Waals surface area contributed by atoms with Gasteiger partial charge < -0.3 is 5.32 Å². The third kappa shape index (κ3) is 4.09. The monoisotopic (exact) mass is 206 g/mol. The van der Waals surface area contributed by atoms with E-state index in [1.807, 2.05) is 0 Å². The lowest BCUT2D eigenvalue weighted by atomic mass is 10.1. The molecule has 80 valence electrons. The number of rotatable bonds is 5. The predicted molar refractivity (Wildman–Crippen MR) is 58.6 cm³/mol. The number of hydrogen-bond donors (Lipinski definition) is 1. The maximum Gasteiger partial charge on any atom is 0.141 e. The molecule has 0 aliphatic rings. The van der Waals surface area contributed by atoms with Crippen molar-refractivity contribution in [2.75, 3.05) is 0 Å². The van der Waals surface area contributed by atoms with Gasteiger partial charge in [0.05, 0.1) is 6.20 Å². The highest BCUT2D eigenvalue weighted by atomic mass is 19.1. The Hall–Kier alpha value is -1.40. The molecule has 1 aromatic rings. The van der Waals surface area contributed by atoms with Gasteiger partial charge in [-0.1, -0.05) is 6.92 Å². The van der Waals surface area contributed by atoms with E-state index in [0.717, 1.165) is 12.0 Å². The maximum absolute atomic E-state index is 12.8. The van der Waals surface area contributed by atoms with E-state index < -0.39 is 0 Å². The largest absolute Gasteiger partial charge is 0.309 e. The fourth-order valence-corrected chi connectivity index (χ4v) is 1.32. The van der Waals surface area contributed by atoms with Crippen molar-refractivity contribution >= 4 is 0 Å². The molecule has 15 heavy (non-hydrogen) atoms. The standard InChI is InChI=1S/C12H15FN2/c1-3-5-12(4-2)15-8-10-6-11(13)9-14-7-10/h1,6-7,9,12,15H,4-5,8H2,2H3. The molecule has 0 bridgehead atoms. The topological polar surface area (TPSA) is 24.9 Å². The van der Waals surface area contributed by atoms with Crippen LogP contribution in [0, 0.1) is 18.2 Å². The smallest absolute Gasteiger partial charge is 0.141 e. The molecule has 0 radical (unpaired) electrons. The van der Waals surface area contributed by atoms with Crippen LogP contribution in [0.2, 0.25) is 0 Å². The van der Waals surface area contributed by atoms with E-state index in [9.17, 15) is 4.39 Å². The van der Waals surface area contributed by atoms with Crippen LogP contribution in [0.1, 0.15) is 25.3 Å². The Kier molecular flexibility index (Phi) is 4.79. The summed E-state index contributed by atoms with van der Waals surface area (Å²) in [5, 5.41) is 3.26. The normalized spacial score (nSPS) is 12.1. The Balaban J connectivity index is 2.46. The highest BCUT2D eigenvalue weighted by Gasteiger charge is 2.03. The lowest BCUT2D eigenvalue weighted by Gasteiger charge is -2.13.